The molecule has 0 N–H and O–H groups in total. The van der Waals surface area contributed by atoms with Gasteiger partial charge in [0, 0.05) is 37.8 Å². The molecule has 0 saturated carbocycles. The molecule has 1 fully saturated rings. The van der Waals surface area contributed by atoms with Crippen molar-refractivity contribution >= 4 is 27.9 Å². The summed E-state index contributed by atoms with van der Waals surface area (Å²) in [5.74, 6) is 0.912. The number of piperazine rings is 1. The normalized spacial score (nSPS) is 15.1. The van der Waals surface area contributed by atoms with Crippen LogP contribution in [0.4, 0.5) is 10.1 Å². The molecule has 0 spiro atoms. The molecule has 2 aromatic heterocycles. The van der Waals surface area contributed by atoms with Gasteiger partial charge in [-0.05, 0) is 19.1 Å². The maximum Gasteiger partial charge on any atom is 0.265 e. The van der Waals surface area contributed by atoms with Gasteiger partial charge >= 0.3 is 0 Å². The van der Waals surface area contributed by atoms with Gasteiger partial charge in [0.15, 0.2) is 0 Å². The molecular weight excluding hydrogens is 365 g/mol. The van der Waals surface area contributed by atoms with Crippen LogP contribution in [0.5, 0.6) is 0 Å². The van der Waals surface area contributed by atoms with Crippen LogP contribution in [0.25, 0.3) is 4.96 Å². The second kappa shape index (κ2) is 6.92. The van der Waals surface area contributed by atoms with E-state index < -0.39 is 0 Å². The first-order chi connectivity index (χ1) is 13.0. The highest BCUT2D eigenvalue weighted by Crippen LogP contribution is 2.28. The van der Waals surface area contributed by atoms with Crippen molar-refractivity contribution in [3.63, 3.8) is 0 Å². The van der Waals surface area contributed by atoms with Gasteiger partial charge in [0.05, 0.1) is 5.69 Å². The Labute approximate surface area is 161 Å². The fourth-order valence-electron chi connectivity index (χ4n) is 3.50. The zero-order valence-corrected chi connectivity index (χ0v) is 16.5. The number of hydrogen-bond donors (Lipinski definition) is 0. The van der Waals surface area contributed by atoms with Crippen LogP contribution in [0.3, 0.4) is 0 Å². The van der Waals surface area contributed by atoms with Crippen LogP contribution < -0.4 is 4.90 Å². The quantitative estimate of drug-likeness (QED) is 0.692. The number of aromatic nitrogens is 3. The van der Waals surface area contributed by atoms with Gasteiger partial charge < -0.3 is 9.80 Å². The second-order valence-corrected chi connectivity index (χ2v) is 8.06. The lowest BCUT2D eigenvalue weighted by atomic mass is 10.2. The van der Waals surface area contributed by atoms with E-state index in [1.807, 2.05) is 27.2 Å². The summed E-state index contributed by atoms with van der Waals surface area (Å²) in [5, 5.41) is 8.46. The highest BCUT2D eigenvalue weighted by molar-refractivity contribution is 7.19. The van der Waals surface area contributed by atoms with Crippen molar-refractivity contribution in [2.75, 3.05) is 31.1 Å². The van der Waals surface area contributed by atoms with Crippen molar-refractivity contribution in [3.8, 4) is 0 Å². The molecule has 1 aromatic carbocycles. The van der Waals surface area contributed by atoms with Crippen LogP contribution in [0.15, 0.2) is 24.3 Å². The van der Waals surface area contributed by atoms with Gasteiger partial charge in [0.2, 0.25) is 4.96 Å². The zero-order valence-electron chi connectivity index (χ0n) is 15.6. The Morgan fingerprint density at radius 3 is 2.52 bits per heavy atom. The van der Waals surface area contributed by atoms with Gasteiger partial charge in [-0.15, -0.1) is 10.2 Å². The molecule has 1 amide bonds. The Hall–Kier alpha value is -2.48. The molecule has 8 heteroatoms. The van der Waals surface area contributed by atoms with Crippen molar-refractivity contribution in [1.82, 2.24) is 19.5 Å². The summed E-state index contributed by atoms with van der Waals surface area (Å²) < 4.78 is 16.0. The predicted molar refractivity (Wildman–Crippen MR) is 104 cm³/mol. The third-order valence-electron chi connectivity index (χ3n) is 4.99. The number of nitrogens with zero attached hydrogens (tertiary/aromatic N) is 5. The minimum atomic E-state index is -0.221. The lowest BCUT2D eigenvalue weighted by Crippen LogP contribution is -2.49. The number of aryl methyl sites for hydroxylation is 1. The molecule has 0 aliphatic carbocycles. The summed E-state index contributed by atoms with van der Waals surface area (Å²) >= 11 is 1.39. The fourth-order valence-corrected chi connectivity index (χ4v) is 4.55. The Morgan fingerprint density at radius 1 is 1.15 bits per heavy atom. The molecule has 0 atom stereocenters. The van der Waals surface area contributed by atoms with Gasteiger partial charge in [-0.25, -0.2) is 4.39 Å². The second-order valence-electron chi connectivity index (χ2n) is 7.08. The highest BCUT2D eigenvalue weighted by Gasteiger charge is 2.28. The molecule has 27 heavy (non-hydrogen) atoms. The number of hydrogen-bond acceptors (Lipinski definition) is 5. The van der Waals surface area contributed by atoms with Crippen LogP contribution in [0.1, 0.15) is 41.0 Å². The molecule has 6 nitrogen and oxygen atoms in total. The number of anilines is 1. The molecular formula is C19H22FN5OS. The van der Waals surface area contributed by atoms with E-state index in [0.29, 0.717) is 36.7 Å². The average Bonchev–Trinajstić information content (AvgIpc) is 3.22. The number of halogens is 1. The number of rotatable bonds is 3. The fraction of sp³-hybridized carbons (Fsp3) is 0.421. The Balaban J connectivity index is 1.52. The van der Waals surface area contributed by atoms with Gasteiger partial charge in [0.1, 0.15) is 16.5 Å². The predicted octanol–water partition coefficient (Wildman–Crippen LogP) is 3.32. The van der Waals surface area contributed by atoms with Crippen molar-refractivity contribution < 1.29 is 9.18 Å². The average molecular weight is 387 g/mol. The monoisotopic (exact) mass is 387 g/mol. The van der Waals surface area contributed by atoms with Crippen LogP contribution in [0, 0.1) is 12.7 Å². The molecule has 4 rings (SSSR count). The summed E-state index contributed by atoms with van der Waals surface area (Å²) in [5.41, 5.74) is 1.49. The largest absolute Gasteiger partial charge is 0.366 e. The lowest BCUT2D eigenvalue weighted by Gasteiger charge is -2.36. The molecule has 1 aliphatic heterocycles. The number of carbonyl (C=O) groups excluding carboxylic acids is 1. The molecule has 0 unspecified atom stereocenters. The summed E-state index contributed by atoms with van der Waals surface area (Å²) in [6.07, 6.45) is 0. The standard InChI is InChI=1S/C19H22FN5OS/c1-12(2)17-21-22-19-25(17)13(3)16(27-19)18(26)24-10-8-23(9-11-24)15-7-5-4-6-14(15)20/h4-7,12H,8-11H2,1-3H3. The minimum absolute atomic E-state index is 0.0193. The van der Waals surface area contributed by atoms with Crippen molar-refractivity contribution in [2.24, 2.45) is 0 Å². The first-order valence-corrected chi connectivity index (χ1v) is 9.92. The summed E-state index contributed by atoms with van der Waals surface area (Å²) in [7, 11) is 0. The first kappa shape index (κ1) is 17.9. The molecule has 0 radical (unpaired) electrons. The smallest absolute Gasteiger partial charge is 0.265 e. The van der Waals surface area contributed by atoms with E-state index in [9.17, 15) is 9.18 Å². The Kier molecular flexibility index (Phi) is 4.59. The maximum atomic E-state index is 14.0. The van der Waals surface area contributed by atoms with E-state index in [1.165, 1.54) is 17.4 Å². The molecule has 3 aromatic rings. The molecule has 3 heterocycles. The van der Waals surface area contributed by atoms with E-state index in [4.69, 9.17) is 0 Å². The lowest BCUT2D eigenvalue weighted by molar-refractivity contribution is 0.0750. The van der Waals surface area contributed by atoms with E-state index in [0.717, 1.165) is 16.5 Å². The van der Waals surface area contributed by atoms with E-state index in [1.54, 1.807) is 12.1 Å². The number of fused-ring (bicyclic) bond motifs is 1. The zero-order chi connectivity index (χ0) is 19.1. The number of para-hydroxylation sites is 1. The highest BCUT2D eigenvalue weighted by atomic mass is 32.1. The number of benzene rings is 1. The number of amides is 1. The van der Waals surface area contributed by atoms with Gasteiger partial charge in [-0.1, -0.05) is 37.3 Å². The minimum Gasteiger partial charge on any atom is -0.366 e. The van der Waals surface area contributed by atoms with Gasteiger partial charge in [-0.3, -0.25) is 9.20 Å². The van der Waals surface area contributed by atoms with Crippen LogP contribution in [0.2, 0.25) is 0 Å². The SMILES string of the molecule is Cc1c(C(=O)N2CCN(c3ccccc3F)CC2)sc2nnc(C(C)C)n12. The summed E-state index contributed by atoms with van der Waals surface area (Å²) in [6.45, 7) is 8.46. The van der Waals surface area contributed by atoms with Crippen molar-refractivity contribution in [2.45, 2.75) is 26.7 Å². The third-order valence-corrected chi connectivity index (χ3v) is 6.11. The summed E-state index contributed by atoms with van der Waals surface area (Å²) in [6, 6.07) is 6.78. The van der Waals surface area contributed by atoms with E-state index in [-0.39, 0.29) is 17.6 Å². The van der Waals surface area contributed by atoms with Crippen molar-refractivity contribution in [3.05, 3.63) is 46.5 Å². The van der Waals surface area contributed by atoms with Crippen molar-refractivity contribution in [1.29, 1.82) is 0 Å². The number of thiazole rings is 1. The molecule has 1 saturated heterocycles. The Bertz CT molecular complexity index is 987. The van der Waals surface area contributed by atoms with Gasteiger partial charge in [0.25, 0.3) is 5.91 Å². The molecule has 142 valence electrons. The topological polar surface area (TPSA) is 53.7 Å². The molecule has 0 bridgehead atoms. The third kappa shape index (κ3) is 3.07. The van der Waals surface area contributed by atoms with E-state index in [2.05, 4.69) is 24.0 Å². The summed E-state index contributed by atoms with van der Waals surface area (Å²) in [4.78, 5) is 18.4. The van der Waals surface area contributed by atoms with Crippen LogP contribution in [-0.4, -0.2) is 51.6 Å². The van der Waals surface area contributed by atoms with Crippen LogP contribution in [-0.2, 0) is 0 Å². The Morgan fingerprint density at radius 2 is 1.85 bits per heavy atom. The van der Waals surface area contributed by atoms with Gasteiger partial charge in [-0.2, -0.15) is 0 Å². The van der Waals surface area contributed by atoms with E-state index >= 15 is 0 Å². The van der Waals surface area contributed by atoms with Crippen LogP contribution >= 0.6 is 11.3 Å². The number of carbonyl (C=O) groups is 1. The maximum absolute atomic E-state index is 14.0. The first-order valence-electron chi connectivity index (χ1n) is 9.10. The molecule has 1 aliphatic rings.